The average Bonchev–Trinajstić information content (AvgIpc) is 2.45. The fourth-order valence-electron chi connectivity index (χ4n) is 2.72. The number of amides is 1. The molecule has 0 bridgehead atoms. The van der Waals surface area contributed by atoms with E-state index in [9.17, 15) is 4.79 Å². The highest BCUT2D eigenvalue weighted by Crippen LogP contribution is 2.27. The maximum Gasteiger partial charge on any atom is 0.254 e. The topological polar surface area (TPSA) is 58.4 Å². The lowest BCUT2D eigenvalue weighted by Crippen LogP contribution is -2.56. The normalized spacial score (nSPS) is 20.0. The van der Waals surface area contributed by atoms with Crippen LogP contribution in [-0.4, -0.2) is 43.0 Å². The van der Waals surface area contributed by atoms with Crippen LogP contribution in [0.1, 0.15) is 36.7 Å². The summed E-state index contributed by atoms with van der Waals surface area (Å²) in [5.41, 5.74) is 7.66. The Morgan fingerprint density at radius 3 is 2.75 bits per heavy atom. The van der Waals surface area contributed by atoms with Crippen LogP contribution in [0.2, 0.25) is 0 Å². The molecule has 1 atom stereocenters. The molecule has 1 aliphatic rings. The Labute approximate surface area is 121 Å². The Morgan fingerprint density at radius 2 is 2.10 bits per heavy atom. The lowest BCUT2D eigenvalue weighted by atomic mass is 9.83. The van der Waals surface area contributed by atoms with Crippen molar-refractivity contribution in [3.05, 3.63) is 35.4 Å². The third-order valence-electron chi connectivity index (χ3n) is 3.85. The number of hydrogen-bond donors (Lipinski definition) is 2. The van der Waals surface area contributed by atoms with Gasteiger partial charge in [0.2, 0.25) is 0 Å². The van der Waals surface area contributed by atoms with Crippen LogP contribution in [0, 0.1) is 0 Å². The number of nitrogens with one attached hydrogen (secondary N) is 1. The van der Waals surface area contributed by atoms with E-state index in [2.05, 4.69) is 26.1 Å². The van der Waals surface area contributed by atoms with E-state index in [0.717, 1.165) is 30.8 Å². The van der Waals surface area contributed by atoms with Gasteiger partial charge in [0.25, 0.3) is 5.91 Å². The second-order valence-electron chi connectivity index (χ2n) is 6.39. The minimum atomic E-state index is -0.0432. The summed E-state index contributed by atoms with van der Waals surface area (Å²) in [6.07, 6.45) is 0. The second-order valence-corrected chi connectivity index (χ2v) is 6.39. The van der Waals surface area contributed by atoms with E-state index in [1.165, 1.54) is 0 Å². The van der Waals surface area contributed by atoms with Gasteiger partial charge < -0.3 is 16.0 Å². The smallest absolute Gasteiger partial charge is 0.254 e. The van der Waals surface area contributed by atoms with Gasteiger partial charge >= 0.3 is 0 Å². The zero-order valence-electron chi connectivity index (χ0n) is 12.6. The van der Waals surface area contributed by atoms with E-state index in [1.807, 2.05) is 29.2 Å². The summed E-state index contributed by atoms with van der Waals surface area (Å²) in [5, 5.41) is 3.29. The van der Waals surface area contributed by atoms with Crippen LogP contribution in [0.5, 0.6) is 0 Å². The summed E-state index contributed by atoms with van der Waals surface area (Å²) in [6.45, 7) is 9.24. The van der Waals surface area contributed by atoms with Gasteiger partial charge in [-0.3, -0.25) is 4.79 Å². The molecule has 1 aromatic carbocycles. The van der Waals surface area contributed by atoms with E-state index in [1.54, 1.807) is 0 Å². The highest BCUT2D eigenvalue weighted by molar-refractivity contribution is 5.96. The molecule has 0 aromatic heterocycles. The van der Waals surface area contributed by atoms with Crippen molar-refractivity contribution < 1.29 is 4.79 Å². The van der Waals surface area contributed by atoms with Gasteiger partial charge in [-0.05, 0) is 17.0 Å². The predicted octanol–water partition coefficient (Wildman–Crippen LogP) is 1.36. The van der Waals surface area contributed by atoms with Crippen LogP contribution in [0.4, 0.5) is 0 Å². The molecule has 2 rings (SSSR count). The molecule has 1 heterocycles. The molecule has 1 aliphatic heterocycles. The molecule has 4 heteroatoms. The molecule has 1 amide bonds. The van der Waals surface area contributed by atoms with Gasteiger partial charge in [0.05, 0.1) is 6.04 Å². The molecular weight excluding hydrogens is 250 g/mol. The average molecular weight is 275 g/mol. The Morgan fingerprint density at radius 1 is 1.40 bits per heavy atom. The van der Waals surface area contributed by atoms with E-state index in [0.29, 0.717) is 6.54 Å². The van der Waals surface area contributed by atoms with Crippen LogP contribution in [0.3, 0.4) is 0 Å². The number of piperazine rings is 1. The van der Waals surface area contributed by atoms with Gasteiger partial charge in [0.1, 0.15) is 0 Å². The summed E-state index contributed by atoms with van der Waals surface area (Å²) in [5.74, 6) is 0.104. The largest absolute Gasteiger partial charge is 0.332 e. The Bertz CT molecular complexity index is 479. The minimum Gasteiger partial charge on any atom is -0.332 e. The molecule has 0 saturated carbocycles. The first kappa shape index (κ1) is 15.0. The maximum absolute atomic E-state index is 12.9. The number of benzene rings is 1. The van der Waals surface area contributed by atoms with Gasteiger partial charge in [0.15, 0.2) is 0 Å². The number of nitrogens with two attached hydrogens (primary N) is 1. The maximum atomic E-state index is 12.9. The Hall–Kier alpha value is -1.39. The molecule has 20 heavy (non-hydrogen) atoms. The Kier molecular flexibility index (Phi) is 4.45. The van der Waals surface area contributed by atoms with Crippen molar-refractivity contribution in [3.8, 4) is 0 Å². The predicted molar refractivity (Wildman–Crippen MR) is 81.9 cm³/mol. The van der Waals surface area contributed by atoms with E-state index < -0.39 is 0 Å². The number of carbonyl (C=O) groups is 1. The zero-order valence-corrected chi connectivity index (χ0v) is 12.6. The van der Waals surface area contributed by atoms with Crippen molar-refractivity contribution in [1.29, 1.82) is 0 Å². The molecule has 4 nitrogen and oxygen atoms in total. The summed E-state index contributed by atoms with van der Waals surface area (Å²) < 4.78 is 0. The molecule has 0 spiro atoms. The zero-order chi connectivity index (χ0) is 14.8. The first-order chi connectivity index (χ1) is 9.45. The SMILES string of the molecule is CC(C)(C)c1ccccc1C(=O)N1CCNCC1CN. The monoisotopic (exact) mass is 275 g/mol. The van der Waals surface area contributed by atoms with Crippen molar-refractivity contribution in [1.82, 2.24) is 10.2 Å². The molecule has 3 N–H and O–H groups in total. The van der Waals surface area contributed by atoms with Crippen molar-refractivity contribution in [2.75, 3.05) is 26.2 Å². The van der Waals surface area contributed by atoms with Gasteiger partial charge in [-0.25, -0.2) is 0 Å². The Balaban J connectivity index is 2.33. The van der Waals surface area contributed by atoms with Crippen LogP contribution < -0.4 is 11.1 Å². The summed E-state index contributed by atoms with van der Waals surface area (Å²) in [6, 6.07) is 7.99. The number of hydrogen-bond acceptors (Lipinski definition) is 3. The van der Waals surface area contributed by atoms with Crippen LogP contribution in [0.15, 0.2) is 24.3 Å². The molecular formula is C16H25N3O. The fourth-order valence-corrected chi connectivity index (χ4v) is 2.72. The lowest BCUT2D eigenvalue weighted by molar-refractivity contribution is 0.0642. The first-order valence-corrected chi connectivity index (χ1v) is 7.26. The number of rotatable bonds is 2. The minimum absolute atomic E-state index is 0.0432. The number of nitrogens with zero attached hydrogens (tertiary/aromatic N) is 1. The van der Waals surface area contributed by atoms with Crippen molar-refractivity contribution in [3.63, 3.8) is 0 Å². The van der Waals surface area contributed by atoms with E-state index in [4.69, 9.17) is 5.73 Å². The summed E-state index contributed by atoms with van der Waals surface area (Å²) >= 11 is 0. The highest BCUT2D eigenvalue weighted by atomic mass is 16.2. The third-order valence-corrected chi connectivity index (χ3v) is 3.85. The molecule has 1 saturated heterocycles. The van der Waals surface area contributed by atoms with Gasteiger partial charge in [-0.15, -0.1) is 0 Å². The van der Waals surface area contributed by atoms with E-state index in [-0.39, 0.29) is 17.4 Å². The fraction of sp³-hybridized carbons (Fsp3) is 0.562. The molecule has 0 radical (unpaired) electrons. The molecule has 1 aromatic rings. The molecule has 1 unspecified atom stereocenters. The van der Waals surface area contributed by atoms with E-state index >= 15 is 0 Å². The van der Waals surface area contributed by atoms with Crippen LogP contribution in [-0.2, 0) is 5.41 Å². The lowest BCUT2D eigenvalue weighted by Gasteiger charge is -2.36. The summed E-state index contributed by atoms with van der Waals surface area (Å²) in [7, 11) is 0. The van der Waals surface area contributed by atoms with Crippen molar-refractivity contribution >= 4 is 5.91 Å². The number of carbonyl (C=O) groups excluding carboxylic acids is 1. The van der Waals surface area contributed by atoms with Gasteiger partial charge in [0, 0.05) is 31.7 Å². The summed E-state index contributed by atoms with van der Waals surface area (Å²) in [4.78, 5) is 14.8. The third kappa shape index (κ3) is 3.02. The second kappa shape index (κ2) is 5.94. The molecule has 110 valence electrons. The standard InChI is InChI=1S/C16H25N3O/c1-16(2,3)14-7-5-4-6-13(14)15(20)19-9-8-18-11-12(19)10-17/h4-7,12,18H,8-11,17H2,1-3H3. The van der Waals surface area contributed by atoms with Gasteiger partial charge in [-0.1, -0.05) is 39.0 Å². The molecule has 0 aliphatic carbocycles. The van der Waals surface area contributed by atoms with Crippen molar-refractivity contribution in [2.24, 2.45) is 5.73 Å². The highest BCUT2D eigenvalue weighted by Gasteiger charge is 2.29. The van der Waals surface area contributed by atoms with Crippen molar-refractivity contribution in [2.45, 2.75) is 32.2 Å². The van der Waals surface area contributed by atoms with Crippen LogP contribution >= 0.6 is 0 Å². The first-order valence-electron chi connectivity index (χ1n) is 7.26. The van der Waals surface area contributed by atoms with Gasteiger partial charge in [-0.2, -0.15) is 0 Å². The van der Waals surface area contributed by atoms with Crippen LogP contribution in [0.25, 0.3) is 0 Å². The molecule has 1 fully saturated rings. The quantitative estimate of drug-likeness (QED) is 0.857.